The highest BCUT2D eigenvalue weighted by atomic mass is 16.7. The van der Waals surface area contributed by atoms with Crippen LogP contribution in [0.5, 0.6) is 0 Å². The number of carbonyl (C=O) groups is 1. The standard InChI is InChI=1S/C17H27N3O4/c1-12(2)10-20-16(22)8-13(19-20)7-15(21)18-9-14-11-23-17(24-14)5-3-4-6-17/h8,12,14,19H,3-7,9-11H2,1-2H3,(H,18,21). The highest BCUT2D eigenvalue weighted by Gasteiger charge is 2.43. The van der Waals surface area contributed by atoms with E-state index in [1.165, 1.54) is 6.07 Å². The number of amides is 1. The van der Waals surface area contributed by atoms with E-state index in [-0.39, 0.29) is 24.0 Å². The van der Waals surface area contributed by atoms with Crippen molar-refractivity contribution in [1.82, 2.24) is 15.1 Å². The molecular formula is C17H27N3O4. The van der Waals surface area contributed by atoms with Gasteiger partial charge in [-0.05, 0) is 18.8 Å². The fourth-order valence-electron chi connectivity index (χ4n) is 3.44. The van der Waals surface area contributed by atoms with Gasteiger partial charge in [-0.15, -0.1) is 0 Å². The summed E-state index contributed by atoms with van der Waals surface area (Å²) in [6.07, 6.45) is 4.25. The Bertz CT molecular complexity index is 628. The SMILES string of the molecule is CC(C)Cn1[nH]c(CC(=O)NCC2COC3(CCCC3)O2)cc1=O. The third-order valence-corrected chi connectivity index (χ3v) is 4.55. The van der Waals surface area contributed by atoms with Crippen molar-refractivity contribution in [3.05, 3.63) is 22.1 Å². The molecule has 0 bridgehead atoms. The second-order valence-electron chi connectivity index (χ2n) is 7.27. The quantitative estimate of drug-likeness (QED) is 0.816. The van der Waals surface area contributed by atoms with Crippen LogP contribution in [0.1, 0.15) is 45.2 Å². The topological polar surface area (TPSA) is 85.3 Å². The minimum Gasteiger partial charge on any atom is -0.353 e. The zero-order valence-electron chi connectivity index (χ0n) is 14.5. The normalized spacial score (nSPS) is 22.5. The highest BCUT2D eigenvalue weighted by molar-refractivity contribution is 5.78. The molecule has 24 heavy (non-hydrogen) atoms. The molecule has 1 atom stereocenters. The lowest BCUT2D eigenvalue weighted by Crippen LogP contribution is -2.35. The van der Waals surface area contributed by atoms with E-state index >= 15 is 0 Å². The van der Waals surface area contributed by atoms with Crippen molar-refractivity contribution < 1.29 is 14.3 Å². The first kappa shape index (κ1) is 17.2. The Morgan fingerprint density at radius 2 is 2.21 bits per heavy atom. The minimum atomic E-state index is -0.394. The molecule has 3 rings (SSSR count). The molecule has 1 spiro atoms. The van der Waals surface area contributed by atoms with Gasteiger partial charge in [-0.2, -0.15) is 0 Å². The van der Waals surface area contributed by atoms with E-state index in [9.17, 15) is 9.59 Å². The van der Waals surface area contributed by atoms with E-state index in [1.54, 1.807) is 4.68 Å². The third-order valence-electron chi connectivity index (χ3n) is 4.55. The van der Waals surface area contributed by atoms with E-state index in [1.807, 2.05) is 13.8 Å². The summed E-state index contributed by atoms with van der Waals surface area (Å²) in [6.45, 7) is 5.68. The van der Waals surface area contributed by atoms with E-state index in [0.29, 0.717) is 31.3 Å². The molecule has 2 fully saturated rings. The zero-order chi connectivity index (χ0) is 17.2. The van der Waals surface area contributed by atoms with Crippen molar-refractivity contribution in [1.29, 1.82) is 0 Å². The lowest BCUT2D eigenvalue weighted by atomic mass is 10.2. The Balaban J connectivity index is 1.45. The maximum Gasteiger partial charge on any atom is 0.266 e. The molecule has 7 nitrogen and oxygen atoms in total. The Labute approximate surface area is 141 Å². The van der Waals surface area contributed by atoms with Gasteiger partial charge in [-0.3, -0.25) is 19.4 Å². The van der Waals surface area contributed by atoms with Crippen LogP contribution in [-0.2, 0) is 27.2 Å². The average molecular weight is 337 g/mol. The van der Waals surface area contributed by atoms with Gasteiger partial charge >= 0.3 is 0 Å². The second-order valence-corrected chi connectivity index (χ2v) is 7.27. The Hall–Kier alpha value is -1.60. The van der Waals surface area contributed by atoms with Crippen LogP contribution in [0.4, 0.5) is 0 Å². The fourth-order valence-corrected chi connectivity index (χ4v) is 3.44. The molecule has 2 heterocycles. The highest BCUT2D eigenvalue weighted by Crippen LogP contribution is 2.38. The zero-order valence-corrected chi connectivity index (χ0v) is 14.5. The molecule has 7 heteroatoms. The van der Waals surface area contributed by atoms with E-state index in [0.717, 1.165) is 25.7 Å². The minimum absolute atomic E-state index is 0.0864. The summed E-state index contributed by atoms with van der Waals surface area (Å²) in [5, 5.41) is 5.87. The van der Waals surface area contributed by atoms with Crippen molar-refractivity contribution in [2.24, 2.45) is 5.92 Å². The third kappa shape index (κ3) is 4.08. The van der Waals surface area contributed by atoms with Crippen LogP contribution in [-0.4, -0.2) is 40.7 Å². The lowest BCUT2D eigenvalue weighted by molar-refractivity contribution is -0.161. The first-order chi connectivity index (χ1) is 11.5. The van der Waals surface area contributed by atoms with E-state index < -0.39 is 5.79 Å². The van der Waals surface area contributed by atoms with Gasteiger partial charge in [0.1, 0.15) is 6.10 Å². The van der Waals surface area contributed by atoms with Crippen molar-refractivity contribution >= 4 is 5.91 Å². The molecule has 2 aliphatic rings. The van der Waals surface area contributed by atoms with Gasteiger partial charge in [0.25, 0.3) is 5.56 Å². The summed E-state index contributed by atoms with van der Waals surface area (Å²) < 4.78 is 13.3. The van der Waals surface area contributed by atoms with Crippen molar-refractivity contribution in [3.63, 3.8) is 0 Å². The number of aromatic nitrogens is 2. The first-order valence-corrected chi connectivity index (χ1v) is 8.83. The van der Waals surface area contributed by atoms with E-state index in [4.69, 9.17) is 9.47 Å². The molecule has 1 unspecified atom stereocenters. The monoisotopic (exact) mass is 337 g/mol. The number of nitrogens with zero attached hydrogens (tertiary/aromatic N) is 1. The maximum atomic E-state index is 12.1. The molecule has 1 saturated carbocycles. The molecule has 0 radical (unpaired) electrons. The smallest absolute Gasteiger partial charge is 0.266 e. The Morgan fingerprint density at radius 3 is 2.92 bits per heavy atom. The fraction of sp³-hybridized carbons (Fsp3) is 0.765. The maximum absolute atomic E-state index is 12.1. The summed E-state index contributed by atoms with van der Waals surface area (Å²) in [4.78, 5) is 23.9. The molecule has 1 aromatic rings. The number of carbonyl (C=O) groups excluding carboxylic acids is 1. The summed E-state index contributed by atoms with van der Waals surface area (Å²) in [5.41, 5.74) is 0.538. The average Bonchev–Trinajstić information content (AvgIpc) is 3.21. The predicted molar refractivity (Wildman–Crippen MR) is 88.6 cm³/mol. The van der Waals surface area contributed by atoms with Gasteiger partial charge in [0.2, 0.25) is 5.91 Å². The summed E-state index contributed by atoms with van der Waals surface area (Å²) in [6, 6.07) is 1.49. The molecule has 1 amide bonds. The molecular weight excluding hydrogens is 310 g/mol. The number of ether oxygens (including phenoxy) is 2. The number of H-pyrrole nitrogens is 1. The summed E-state index contributed by atoms with van der Waals surface area (Å²) in [7, 11) is 0. The summed E-state index contributed by atoms with van der Waals surface area (Å²) >= 11 is 0. The number of nitrogens with one attached hydrogen (secondary N) is 2. The molecule has 1 aliphatic heterocycles. The van der Waals surface area contributed by atoms with Crippen LogP contribution >= 0.6 is 0 Å². The predicted octanol–water partition coefficient (Wildman–Crippen LogP) is 1.18. The van der Waals surface area contributed by atoms with Crippen LogP contribution in [0.2, 0.25) is 0 Å². The molecule has 1 aliphatic carbocycles. The van der Waals surface area contributed by atoms with Gasteiger partial charge in [-0.1, -0.05) is 13.8 Å². The molecule has 2 N–H and O–H groups in total. The molecule has 1 aromatic heterocycles. The van der Waals surface area contributed by atoms with Crippen LogP contribution in [0.3, 0.4) is 0 Å². The number of rotatable bonds is 6. The number of aromatic amines is 1. The molecule has 134 valence electrons. The van der Waals surface area contributed by atoms with Gasteiger partial charge in [0, 0.05) is 37.7 Å². The summed E-state index contributed by atoms with van der Waals surface area (Å²) in [5.74, 6) is -0.149. The number of hydrogen-bond acceptors (Lipinski definition) is 4. The number of hydrogen-bond donors (Lipinski definition) is 2. The van der Waals surface area contributed by atoms with Crippen molar-refractivity contribution in [2.75, 3.05) is 13.2 Å². The Morgan fingerprint density at radius 1 is 1.46 bits per heavy atom. The lowest BCUT2D eigenvalue weighted by Gasteiger charge is -2.21. The van der Waals surface area contributed by atoms with Gasteiger partial charge in [0.15, 0.2) is 5.79 Å². The van der Waals surface area contributed by atoms with Gasteiger partial charge in [0.05, 0.1) is 13.0 Å². The van der Waals surface area contributed by atoms with Crippen LogP contribution in [0, 0.1) is 5.92 Å². The van der Waals surface area contributed by atoms with Crippen LogP contribution in [0.15, 0.2) is 10.9 Å². The van der Waals surface area contributed by atoms with Gasteiger partial charge < -0.3 is 14.8 Å². The van der Waals surface area contributed by atoms with Crippen molar-refractivity contribution in [3.8, 4) is 0 Å². The molecule has 0 aromatic carbocycles. The molecule has 1 saturated heterocycles. The van der Waals surface area contributed by atoms with Crippen molar-refractivity contribution in [2.45, 2.75) is 64.4 Å². The van der Waals surface area contributed by atoms with Gasteiger partial charge in [-0.25, -0.2) is 0 Å². The largest absolute Gasteiger partial charge is 0.353 e. The van der Waals surface area contributed by atoms with E-state index in [2.05, 4.69) is 10.4 Å². The van der Waals surface area contributed by atoms with Crippen LogP contribution in [0.25, 0.3) is 0 Å². The van der Waals surface area contributed by atoms with Crippen LogP contribution < -0.4 is 10.9 Å². The first-order valence-electron chi connectivity index (χ1n) is 8.83. The second kappa shape index (κ2) is 7.11. The Kier molecular flexibility index (Phi) is 5.10.